The molecule has 0 amide bonds. The molecule has 0 saturated heterocycles. The molecule has 3 aromatic carbocycles. The van der Waals surface area contributed by atoms with Gasteiger partial charge in [0.15, 0.2) is 0 Å². The summed E-state index contributed by atoms with van der Waals surface area (Å²) in [6.07, 6.45) is 5.00. The minimum atomic E-state index is 0.359. The van der Waals surface area contributed by atoms with E-state index in [0.29, 0.717) is 11.7 Å². The van der Waals surface area contributed by atoms with Crippen LogP contribution in [-0.2, 0) is 12.8 Å². The zero-order chi connectivity index (χ0) is 16.8. The van der Waals surface area contributed by atoms with E-state index in [0.717, 1.165) is 24.5 Å². The van der Waals surface area contributed by atoms with E-state index in [9.17, 15) is 5.11 Å². The van der Waals surface area contributed by atoms with Crippen LogP contribution in [0.4, 0.5) is 0 Å². The monoisotopic (exact) mass is 324 g/mol. The van der Waals surface area contributed by atoms with Crippen molar-refractivity contribution in [1.82, 2.24) is 0 Å². The van der Waals surface area contributed by atoms with Crippen molar-refractivity contribution in [3.8, 4) is 0 Å². The smallest absolute Gasteiger partial charge is 0.100 e. The molecule has 0 bridgehead atoms. The van der Waals surface area contributed by atoms with E-state index in [-0.39, 0.29) is 0 Å². The van der Waals surface area contributed by atoms with Crippen molar-refractivity contribution < 1.29 is 5.11 Å². The molecule has 0 radical (unpaired) electrons. The lowest BCUT2D eigenvalue weighted by Crippen LogP contribution is -2.26. The summed E-state index contributed by atoms with van der Waals surface area (Å²) in [6.45, 7) is 0. The Labute approximate surface area is 146 Å². The van der Waals surface area contributed by atoms with Crippen LogP contribution in [0.2, 0.25) is 0 Å². The van der Waals surface area contributed by atoms with Crippen LogP contribution in [0.3, 0.4) is 0 Å². The summed E-state index contributed by atoms with van der Waals surface area (Å²) in [5.41, 5.74) is 4.04. The van der Waals surface area contributed by atoms with Crippen LogP contribution in [0.5, 0.6) is 0 Å². The van der Waals surface area contributed by atoms with Crippen molar-refractivity contribution >= 4 is 11.8 Å². The van der Waals surface area contributed by atoms with E-state index in [4.69, 9.17) is 0 Å². The molecule has 0 heterocycles. The summed E-state index contributed by atoms with van der Waals surface area (Å²) >= 11 is 0. The first-order chi connectivity index (χ1) is 12.3. The predicted molar refractivity (Wildman–Crippen MR) is 102 cm³/mol. The second kappa shape index (κ2) is 5.63. The third-order valence-corrected chi connectivity index (χ3v) is 5.68. The molecule has 5 rings (SSSR count). The van der Waals surface area contributed by atoms with E-state index in [1.54, 1.807) is 0 Å². The van der Waals surface area contributed by atoms with Crippen molar-refractivity contribution in [2.75, 3.05) is 0 Å². The van der Waals surface area contributed by atoms with Gasteiger partial charge in [0, 0.05) is 11.6 Å². The number of fused-ring (bicyclic) bond motifs is 4. The number of hydrogen-bond donors (Lipinski definition) is 1. The third-order valence-electron chi connectivity index (χ3n) is 5.68. The second-order valence-corrected chi connectivity index (χ2v) is 7.08. The molecule has 2 aliphatic rings. The van der Waals surface area contributed by atoms with Gasteiger partial charge in [0.25, 0.3) is 0 Å². The highest BCUT2D eigenvalue weighted by molar-refractivity contribution is 5.52. The molecule has 0 aliphatic heterocycles. The van der Waals surface area contributed by atoms with Gasteiger partial charge < -0.3 is 5.11 Å². The average Bonchev–Trinajstić information content (AvgIpc) is 2.68. The zero-order valence-corrected chi connectivity index (χ0v) is 14.1. The molecule has 1 N–H and O–H groups in total. The van der Waals surface area contributed by atoms with E-state index in [1.165, 1.54) is 32.3 Å². The summed E-state index contributed by atoms with van der Waals surface area (Å²) in [6, 6.07) is 23.5. The number of aliphatic hydroxyl groups is 1. The van der Waals surface area contributed by atoms with Gasteiger partial charge in [-0.3, -0.25) is 0 Å². The van der Waals surface area contributed by atoms with Crippen LogP contribution in [0, 0.1) is 10.4 Å². The molecule has 1 unspecified atom stereocenters. The molecule has 0 fully saturated rings. The van der Waals surface area contributed by atoms with E-state index in [1.807, 2.05) is 0 Å². The Morgan fingerprint density at radius 3 is 2.32 bits per heavy atom. The van der Waals surface area contributed by atoms with Crippen molar-refractivity contribution in [3.63, 3.8) is 0 Å². The van der Waals surface area contributed by atoms with Crippen LogP contribution in [-0.4, -0.2) is 5.11 Å². The summed E-state index contributed by atoms with van der Waals surface area (Å²) in [7, 11) is 0. The van der Waals surface area contributed by atoms with Crippen molar-refractivity contribution in [2.24, 2.45) is 0 Å². The van der Waals surface area contributed by atoms with Gasteiger partial charge in [0.2, 0.25) is 0 Å². The average molecular weight is 324 g/mol. The highest BCUT2D eigenvalue weighted by Gasteiger charge is 2.23. The van der Waals surface area contributed by atoms with Gasteiger partial charge in [0.1, 0.15) is 5.76 Å². The van der Waals surface area contributed by atoms with Crippen LogP contribution in [0.15, 0.2) is 66.7 Å². The highest BCUT2D eigenvalue weighted by atomic mass is 16.3. The molecule has 3 aromatic rings. The standard InChI is InChI=1S/C24H20O/c25-24-15-18(16-6-2-1-3-7-16)14-23-21-11-10-17-8-4-5-9-19(17)20(21)12-13-22(23)24/h1-10,12-13,18,25H,11,14-15H2. The maximum absolute atomic E-state index is 10.7. The quantitative estimate of drug-likeness (QED) is 0.723. The fourth-order valence-electron chi connectivity index (χ4n) is 4.44. The van der Waals surface area contributed by atoms with E-state index >= 15 is 0 Å². The van der Waals surface area contributed by atoms with Gasteiger partial charge in [0.05, 0.1) is 0 Å². The minimum absolute atomic E-state index is 0.359. The van der Waals surface area contributed by atoms with Gasteiger partial charge >= 0.3 is 0 Å². The molecule has 0 spiro atoms. The molecule has 122 valence electrons. The highest BCUT2D eigenvalue weighted by Crippen LogP contribution is 2.31. The van der Waals surface area contributed by atoms with Gasteiger partial charge in [-0.2, -0.15) is 0 Å². The molecule has 0 saturated carbocycles. The number of aliphatic hydroxyl groups excluding tert-OH is 1. The number of rotatable bonds is 1. The van der Waals surface area contributed by atoms with Crippen molar-refractivity contribution in [3.05, 3.63) is 104 Å². The van der Waals surface area contributed by atoms with Crippen LogP contribution < -0.4 is 10.4 Å². The Balaban J connectivity index is 1.77. The maximum atomic E-state index is 10.7. The maximum Gasteiger partial charge on any atom is 0.100 e. The summed E-state index contributed by atoms with van der Waals surface area (Å²) < 4.78 is 0. The Hall–Kier alpha value is -2.80. The van der Waals surface area contributed by atoms with Gasteiger partial charge in [-0.1, -0.05) is 72.8 Å². The summed E-state index contributed by atoms with van der Waals surface area (Å²) in [5.74, 6) is 0.897. The minimum Gasteiger partial charge on any atom is -0.512 e. The normalized spacial score (nSPS) is 17.9. The van der Waals surface area contributed by atoms with Crippen molar-refractivity contribution in [1.29, 1.82) is 0 Å². The third kappa shape index (κ3) is 2.31. The van der Waals surface area contributed by atoms with Crippen molar-refractivity contribution in [2.45, 2.75) is 25.2 Å². The summed E-state index contributed by atoms with van der Waals surface area (Å²) in [4.78, 5) is 0. The van der Waals surface area contributed by atoms with Gasteiger partial charge in [-0.15, -0.1) is 0 Å². The molecule has 1 nitrogen and oxygen atoms in total. The van der Waals surface area contributed by atoms with Crippen LogP contribution in [0.1, 0.15) is 29.0 Å². The lowest BCUT2D eigenvalue weighted by molar-refractivity contribution is 0.450. The molecular formula is C24H20O. The lowest BCUT2D eigenvalue weighted by Gasteiger charge is -2.25. The van der Waals surface area contributed by atoms with Gasteiger partial charge in [-0.25, -0.2) is 0 Å². The second-order valence-electron chi connectivity index (χ2n) is 7.08. The SMILES string of the molecule is OC1=c2ccc3c(c2CC(c2ccccc2)C1)CC=c1ccccc1=3. The topological polar surface area (TPSA) is 20.2 Å². The Morgan fingerprint density at radius 2 is 1.44 bits per heavy atom. The zero-order valence-electron chi connectivity index (χ0n) is 14.1. The Bertz CT molecular complexity index is 1170. The molecule has 2 aliphatic carbocycles. The van der Waals surface area contributed by atoms with Crippen LogP contribution in [0.25, 0.3) is 11.8 Å². The van der Waals surface area contributed by atoms with Crippen LogP contribution >= 0.6 is 0 Å². The number of hydrogen-bond acceptors (Lipinski definition) is 1. The lowest BCUT2D eigenvalue weighted by atomic mass is 9.80. The Kier molecular flexibility index (Phi) is 3.27. The first-order valence-corrected chi connectivity index (χ1v) is 8.99. The molecule has 1 heteroatoms. The first-order valence-electron chi connectivity index (χ1n) is 8.99. The van der Waals surface area contributed by atoms with E-state index in [2.05, 4.69) is 72.8 Å². The Morgan fingerprint density at radius 1 is 0.680 bits per heavy atom. The first kappa shape index (κ1) is 14.5. The van der Waals surface area contributed by atoms with E-state index < -0.39 is 0 Å². The fourth-order valence-corrected chi connectivity index (χ4v) is 4.44. The molecular weight excluding hydrogens is 304 g/mol. The fraction of sp³-hybridized carbons (Fsp3) is 0.167. The molecule has 1 atom stereocenters. The molecule has 25 heavy (non-hydrogen) atoms. The van der Waals surface area contributed by atoms with Gasteiger partial charge in [-0.05, 0) is 51.1 Å². The largest absolute Gasteiger partial charge is 0.512 e. The predicted octanol–water partition coefficient (Wildman–Crippen LogP) is 3.71. The summed E-state index contributed by atoms with van der Waals surface area (Å²) in [5, 5.41) is 15.7. The number of benzene rings is 3. The molecule has 0 aromatic heterocycles.